The Hall–Kier alpha value is -1.81. The lowest BCUT2D eigenvalue weighted by Gasteiger charge is -2.18. The second-order valence-electron chi connectivity index (χ2n) is 4.47. The van der Waals surface area contributed by atoms with Crippen LogP contribution in [0.25, 0.3) is 0 Å². The van der Waals surface area contributed by atoms with E-state index >= 15 is 0 Å². The Bertz CT molecular complexity index is 525. The molecule has 1 heterocycles. The Balaban J connectivity index is 2.32. The molecule has 3 nitrogen and oxygen atoms in total. The Kier molecular flexibility index (Phi) is 4.58. The predicted molar refractivity (Wildman–Crippen MR) is 73.3 cm³/mol. The number of nitrogens with one attached hydrogen (secondary N) is 1. The van der Waals surface area contributed by atoms with Gasteiger partial charge in [0.05, 0.1) is 11.7 Å². The van der Waals surface area contributed by atoms with E-state index in [-0.39, 0.29) is 11.9 Å². The lowest BCUT2D eigenvalue weighted by Crippen LogP contribution is -2.24. The summed E-state index contributed by atoms with van der Waals surface area (Å²) in [6.07, 6.45) is 2.78. The van der Waals surface area contributed by atoms with E-state index in [1.165, 1.54) is 12.1 Å². The van der Waals surface area contributed by atoms with Crippen molar-refractivity contribution in [2.75, 3.05) is 6.54 Å². The summed E-state index contributed by atoms with van der Waals surface area (Å²) in [6.45, 7) is 4.86. The van der Waals surface area contributed by atoms with Crippen molar-refractivity contribution in [2.24, 2.45) is 0 Å². The van der Waals surface area contributed by atoms with E-state index < -0.39 is 0 Å². The van der Waals surface area contributed by atoms with Crippen LogP contribution in [0.4, 0.5) is 4.39 Å². The molecule has 1 aromatic carbocycles. The number of benzene rings is 1. The molecule has 0 aliphatic heterocycles. The molecule has 0 aliphatic carbocycles. The fourth-order valence-electron chi connectivity index (χ4n) is 1.97. The molecule has 100 valence electrons. The fraction of sp³-hybridized carbons (Fsp3) is 0.333. The van der Waals surface area contributed by atoms with Gasteiger partial charge in [-0.2, -0.15) is 0 Å². The Labute approximate surface area is 112 Å². The van der Waals surface area contributed by atoms with Crippen molar-refractivity contribution in [1.29, 1.82) is 0 Å². The zero-order valence-corrected chi connectivity index (χ0v) is 11.2. The van der Waals surface area contributed by atoms with Gasteiger partial charge in [0, 0.05) is 6.20 Å². The summed E-state index contributed by atoms with van der Waals surface area (Å²) >= 11 is 0. The molecule has 2 rings (SSSR count). The van der Waals surface area contributed by atoms with Gasteiger partial charge in [0.15, 0.2) is 0 Å². The predicted octanol–water partition coefficient (Wildman–Crippen LogP) is 3.01. The third-order valence-corrected chi connectivity index (χ3v) is 2.90. The van der Waals surface area contributed by atoms with Crippen LogP contribution in [0.2, 0.25) is 0 Å². The minimum atomic E-state index is -0.225. The van der Waals surface area contributed by atoms with Crippen molar-refractivity contribution < 1.29 is 4.39 Å². The molecule has 19 heavy (non-hydrogen) atoms. The van der Waals surface area contributed by atoms with Crippen molar-refractivity contribution in [3.8, 4) is 0 Å². The molecule has 1 aromatic heterocycles. The molecule has 0 bridgehead atoms. The summed E-state index contributed by atoms with van der Waals surface area (Å²) in [4.78, 5) is 8.57. The van der Waals surface area contributed by atoms with Gasteiger partial charge in [-0.25, -0.2) is 14.4 Å². The zero-order chi connectivity index (χ0) is 13.7. The van der Waals surface area contributed by atoms with E-state index in [9.17, 15) is 4.39 Å². The van der Waals surface area contributed by atoms with Crippen LogP contribution in [0.5, 0.6) is 0 Å². The smallest absolute Gasteiger partial charge is 0.125 e. The maximum Gasteiger partial charge on any atom is 0.125 e. The van der Waals surface area contributed by atoms with E-state index in [0.29, 0.717) is 0 Å². The maximum absolute atomic E-state index is 13.0. The molecule has 1 unspecified atom stereocenters. The first kappa shape index (κ1) is 13.6. The largest absolute Gasteiger partial charge is 0.305 e. The van der Waals surface area contributed by atoms with Gasteiger partial charge in [-0.05, 0) is 43.7 Å². The third kappa shape index (κ3) is 3.58. The van der Waals surface area contributed by atoms with Crippen molar-refractivity contribution >= 4 is 0 Å². The highest BCUT2D eigenvalue weighted by Crippen LogP contribution is 2.20. The number of hydrogen-bond acceptors (Lipinski definition) is 3. The number of nitrogens with zero attached hydrogens (tertiary/aromatic N) is 2. The standard InChI is InChI=1S/C15H18FN3/c1-3-9-18-15(12-4-6-13(16)7-5-12)14-8-10-17-11(2)19-14/h4-8,10,15,18H,3,9H2,1-2H3. The number of aromatic nitrogens is 2. The van der Waals surface area contributed by atoms with Crippen LogP contribution >= 0.6 is 0 Å². The second kappa shape index (κ2) is 6.38. The van der Waals surface area contributed by atoms with E-state index in [2.05, 4.69) is 22.2 Å². The van der Waals surface area contributed by atoms with Crippen LogP contribution in [-0.4, -0.2) is 16.5 Å². The average Bonchev–Trinajstić information content (AvgIpc) is 2.41. The van der Waals surface area contributed by atoms with E-state index in [0.717, 1.165) is 30.0 Å². The fourth-order valence-corrected chi connectivity index (χ4v) is 1.97. The monoisotopic (exact) mass is 259 g/mol. The summed E-state index contributed by atoms with van der Waals surface area (Å²) in [5.74, 6) is 0.514. The maximum atomic E-state index is 13.0. The van der Waals surface area contributed by atoms with Gasteiger partial charge in [-0.3, -0.25) is 0 Å². The lowest BCUT2D eigenvalue weighted by molar-refractivity contribution is 0.579. The molecule has 0 radical (unpaired) electrons. The highest BCUT2D eigenvalue weighted by atomic mass is 19.1. The van der Waals surface area contributed by atoms with Gasteiger partial charge in [-0.1, -0.05) is 19.1 Å². The Morgan fingerprint density at radius 3 is 2.58 bits per heavy atom. The van der Waals surface area contributed by atoms with Crippen LogP contribution in [0.3, 0.4) is 0 Å². The highest BCUT2D eigenvalue weighted by Gasteiger charge is 2.15. The van der Waals surface area contributed by atoms with Crippen molar-refractivity contribution in [3.63, 3.8) is 0 Å². The van der Waals surface area contributed by atoms with Gasteiger partial charge >= 0.3 is 0 Å². The van der Waals surface area contributed by atoms with Gasteiger partial charge in [0.1, 0.15) is 11.6 Å². The van der Waals surface area contributed by atoms with Crippen LogP contribution in [0, 0.1) is 12.7 Å². The molecule has 0 saturated heterocycles. The Morgan fingerprint density at radius 1 is 1.21 bits per heavy atom. The van der Waals surface area contributed by atoms with Crippen molar-refractivity contribution in [2.45, 2.75) is 26.3 Å². The Morgan fingerprint density at radius 2 is 1.95 bits per heavy atom. The van der Waals surface area contributed by atoms with Crippen LogP contribution in [0.15, 0.2) is 36.5 Å². The average molecular weight is 259 g/mol. The number of hydrogen-bond donors (Lipinski definition) is 1. The molecular formula is C15H18FN3. The summed E-state index contributed by atoms with van der Waals surface area (Å²) in [5, 5.41) is 3.44. The molecule has 4 heteroatoms. The first-order valence-electron chi connectivity index (χ1n) is 6.49. The van der Waals surface area contributed by atoms with E-state index in [1.807, 2.05) is 13.0 Å². The van der Waals surface area contributed by atoms with Gasteiger partial charge in [0.25, 0.3) is 0 Å². The second-order valence-corrected chi connectivity index (χ2v) is 4.47. The number of rotatable bonds is 5. The highest BCUT2D eigenvalue weighted by molar-refractivity contribution is 5.27. The van der Waals surface area contributed by atoms with E-state index in [4.69, 9.17) is 0 Å². The first-order chi connectivity index (χ1) is 9.20. The van der Waals surface area contributed by atoms with Crippen molar-refractivity contribution in [3.05, 3.63) is 59.4 Å². The minimum absolute atomic E-state index is 0.0257. The van der Waals surface area contributed by atoms with E-state index in [1.54, 1.807) is 18.3 Å². The molecule has 0 fully saturated rings. The quantitative estimate of drug-likeness (QED) is 0.897. The summed E-state index contributed by atoms with van der Waals surface area (Å²) in [7, 11) is 0. The third-order valence-electron chi connectivity index (χ3n) is 2.90. The number of aryl methyl sites for hydroxylation is 1. The molecule has 0 spiro atoms. The van der Waals surface area contributed by atoms with Crippen LogP contribution in [-0.2, 0) is 0 Å². The minimum Gasteiger partial charge on any atom is -0.305 e. The summed E-state index contributed by atoms with van der Waals surface area (Å²) in [5.41, 5.74) is 1.92. The normalized spacial score (nSPS) is 12.4. The zero-order valence-electron chi connectivity index (χ0n) is 11.2. The molecule has 0 saturated carbocycles. The molecule has 0 amide bonds. The van der Waals surface area contributed by atoms with Gasteiger partial charge in [0.2, 0.25) is 0 Å². The molecule has 1 N–H and O–H groups in total. The summed E-state index contributed by atoms with van der Waals surface area (Å²) in [6, 6.07) is 8.40. The topological polar surface area (TPSA) is 37.8 Å². The van der Waals surface area contributed by atoms with Crippen molar-refractivity contribution in [1.82, 2.24) is 15.3 Å². The molecular weight excluding hydrogens is 241 g/mol. The van der Waals surface area contributed by atoms with Gasteiger partial charge < -0.3 is 5.32 Å². The lowest BCUT2D eigenvalue weighted by atomic mass is 10.0. The SMILES string of the molecule is CCCNC(c1ccc(F)cc1)c1ccnc(C)n1. The van der Waals surface area contributed by atoms with Crippen LogP contribution < -0.4 is 5.32 Å². The van der Waals surface area contributed by atoms with Crippen LogP contribution in [0.1, 0.15) is 36.5 Å². The molecule has 0 aliphatic rings. The summed E-state index contributed by atoms with van der Waals surface area (Å²) < 4.78 is 13.0. The molecule has 1 atom stereocenters. The first-order valence-corrected chi connectivity index (χ1v) is 6.49. The van der Waals surface area contributed by atoms with Gasteiger partial charge in [-0.15, -0.1) is 0 Å². The number of halogens is 1. The molecule has 2 aromatic rings.